The standard InChI is InChI=1S/C15H15N5O2/c21-14(12-10-13-11(18-12)2-9-22-13)19-5-7-20(8-6-19)15-16-3-1-4-17-15/h1-4,9-10,18H,5-8H2. The van der Waals surface area contributed by atoms with Crippen molar-refractivity contribution in [3.05, 3.63) is 42.5 Å². The molecule has 0 radical (unpaired) electrons. The van der Waals surface area contributed by atoms with E-state index >= 15 is 0 Å². The molecule has 1 amide bonds. The van der Waals surface area contributed by atoms with Crippen LogP contribution >= 0.6 is 0 Å². The van der Waals surface area contributed by atoms with E-state index in [2.05, 4.69) is 19.9 Å². The lowest BCUT2D eigenvalue weighted by Gasteiger charge is -2.34. The van der Waals surface area contributed by atoms with Gasteiger partial charge in [0.1, 0.15) is 5.69 Å². The summed E-state index contributed by atoms with van der Waals surface area (Å²) in [4.78, 5) is 28.0. The molecule has 7 nitrogen and oxygen atoms in total. The SMILES string of the molecule is O=C(c1cc2occc2[nH]1)N1CCN(c2ncccn2)CC1. The Bertz CT molecular complexity index is 758. The van der Waals surface area contributed by atoms with Crippen molar-refractivity contribution in [1.82, 2.24) is 19.9 Å². The molecule has 1 N–H and O–H groups in total. The number of hydrogen-bond donors (Lipinski definition) is 1. The third-order valence-electron chi connectivity index (χ3n) is 3.87. The number of H-pyrrole nitrogens is 1. The zero-order valence-electron chi connectivity index (χ0n) is 11.9. The highest BCUT2D eigenvalue weighted by molar-refractivity contribution is 5.96. The van der Waals surface area contributed by atoms with Gasteiger partial charge in [-0.05, 0) is 6.07 Å². The third kappa shape index (κ3) is 2.20. The normalized spacial score (nSPS) is 15.5. The molecule has 1 aliphatic rings. The monoisotopic (exact) mass is 297 g/mol. The Morgan fingerprint density at radius 1 is 1.18 bits per heavy atom. The number of aromatic amines is 1. The molecule has 0 unspecified atom stereocenters. The summed E-state index contributed by atoms with van der Waals surface area (Å²) in [5.41, 5.74) is 2.12. The lowest BCUT2D eigenvalue weighted by atomic mass is 10.3. The summed E-state index contributed by atoms with van der Waals surface area (Å²) in [6.07, 6.45) is 5.07. The topological polar surface area (TPSA) is 78.3 Å². The van der Waals surface area contributed by atoms with Crippen LogP contribution in [-0.2, 0) is 0 Å². The number of amides is 1. The molecule has 0 saturated carbocycles. The first kappa shape index (κ1) is 12.9. The maximum absolute atomic E-state index is 12.5. The van der Waals surface area contributed by atoms with E-state index < -0.39 is 0 Å². The van der Waals surface area contributed by atoms with Crippen LogP contribution in [0.25, 0.3) is 11.1 Å². The van der Waals surface area contributed by atoms with Gasteiger partial charge in [0, 0.05) is 50.7 Å². The second-order valence-corrected chi connectivity index (χ2v) is 5.21. The van der Waals surface area contributed by atoms with Crippen molar-refractivity contribution in [2.45, 2.75) is 0 Å². The minimum atomic E-state index is 0.0000278. The van der Waals surface area contributed by atoms with E-state index in [4.69, 9.17) is 4.42 Å². The van der Waals surface area contributed by atoms with Crippen molar-refractivity contribution < 1.29 is 9.21 Å². The molecule has 4 rings (SSSR count). The van der Waals surface area contributed by atoms with E-state index in [1.54, 1.807) is 30.8 Å². The fraction of sp³-hybridized carbons (Fsp3) is 0.267. The van der Waals surface area contributed by atoms with Crippen LogP contribution in [0, 0.1) is 0 Å². The lowest BCUT2D eigenvalue weighted by Crippen LogP contribution is -2.49. The van der Waals surface area contributed by atoms with Crippen molar-refractivity contribution in [1.29, 1.82) is 0 Å². The van der Waals surface area contributed by atoms with E-state index in [1.165, 1.54) is 0 Å². The molecule has 1 aliphatic heterocycles. The van der Waals surface area contributed by atoms with Gasteiger partial charge in [0.15, 0.2) is 5.58 Å². The summed E-state index contributed by atoms with van der Waals surface area (Å²) in [6, 6.07) is 5.37. The highest BCUT2D eigenvalue weighted by Gasteiger charge is 2.24. The summed E-state index contributed by atoms with van der Waals surface area (Å²) < 4.78 is 5.28. The van der Waals surface area contributed by atoms with Crippen molar-refractivity contribution in [3.63, 3.8) is 0 Å². The molecule has 22 heavy (non-hydrogen) atoms. The molecule has 0 atom stereocenters. The Hall–Kier alpha value is -2.83. The number of carbonyl (C=O) groups excluding carboxylic acids is 1. The van der Waals surface area contributed by atoms with Crippen LogP contribution in [0.2, 0.25) is 0 Å². The van der Waals surface area contributed by atoms with Crippen LogP contribution in [0.4, 0.5) is 5.95 Å². The first-order chi connectivity index (χ1) is 10.8. The summed E-state index contributed by atoms with van der Waals surface area (Å²) in [7, 11) is 0. The number of piperazine rings is 1. The highest BCUT2D eigenvalue weighted by Crippen LogP contribution is 2.18. The average molecular weight is 297 g/mol. The zero-order valence-corrected chi connectivity index (χ0v) is 11.9. The number of nitrogens with zero attached hydrogens (tertiary/aromatic N) is 4. The molecule has 1 saturated heterocycles. The number of aromatic nitrogens is 3. The maximum atomic E-state index is 12.5. The summed E-state index contributed by atoms with van der Waals surface area (Å²) >= 11 is 0. The second-order valence-electron chi connectivity index (χ2n) is 5.21. The molecule has 4 heterocycles. The third-order valence-corrected chi connectivity index (χ3v) is 3.87. The highest BCUT2D eigenvalue weighted by atomic mass is 16.3. The van der Waals surface area contributed by atoms with E-state index in [0.29, 0.717) is 30.3 Å². The number of anilines is 1. The first-order valence-electron chi connectivity index (χ1n) is 7.19. The fourth-order valence-corrected chi connectivity index (χ4v) is 2.70. The van der Waals surface area contributed by atoms with Crippen LogP contribution in [0.3, 0.4) is 0 Å². The Balaban J connectivity index is 1.45. The number of rotatable bonds is 2. The molecule has 0 aliphatic carbocycles. The number of fused-ring (bicyclic) bond motifs is 1. The van der Waals surface area contributed by atoms with Crippen molar-refractivity contribution >= 4 is 23.0 Å². The Morgan fingerprint density at radius 3 is 2.68 bits per heavy atom. The molecule has 0 aromatic carbocycles. The van der Waals surface area contributed by atoms with E-state index in [1.807, 2.05) is 11.0 Å². The molecule has 3 aromatic rings. The molecule has 1 fully saturated rings. The Morgan fingerprint density at radius 2 is 1.95 bits per heavy atom. The van der Waals surface area contributed by atoms with E-state index in [-0.39, 0.29) is 5.91 Å². The molecule has 7 heteroatoms. The fourth-order valence-electron chi connectivity index (χ4n) is 2.70. The predicted molar refractivity (Wildman–Crippen MR) is 80.7 cm³/mol. The molecule has 0 spiro atoms. The maximum Gasteiger partial charge on any atom is 0.270 e. The smallest absolute Gasteiger partial charge is 0.270 e. The molecule has 0 bridgehead atoms. The lowest BCUT2D eigenvalue weighted by molar-refractivity contribution is 0.0741. The molecular weight excluding hydrogens is 282 g/mol. The summed E-state index contributed by atoms with van der Waals surface area (Å²) in [6.45, 7) is 2.76. The van der Waals surface area contributed by atoms with Crippen LogP contribution in [0.5, 0.6) is 0 Å². The van der Waals surface area contributed by atoms with Crippen LogP contribution in [0.1, 0.15) is 10.5 Å². The quantitative estimate of drug-likeness (QED) is 0.776. The minimum Gasteiger partial charge on any atom is -0.463 e. The number of hydrogen-bond acceptors (Lipinski definition) is 5. The zero-order chi connectivity index (χ0) is 14.9. The molecular formula is C15H15N5O2. The van der Waals surface area contributed by atoms with Crippen LogP contribution < -0.4 is 4.90 Å². The Kier molecular flexibility index (Phi) is 3.03. The number of carbonyl (C=O) groups is 1. The van der Waals surface area contributed by atoms with Gasteiger partial charge in [0.2, 0.25) is 5.95 Å². The van der Waals surface area contributed by atoms with Gasteiger partial charge in [-0.3, -0.25) is 4.79 Å². The van der Waals surface area contributed by atoms with Gasteiger partial charge < -0.3 is 19.2 Å². The first-order valence-corrected chi connectivity index (χ1v) is 7.19. The number of furan rings is 1. The summed E-state index contributed by atoms with van der Waals surface area (Å²) in [5, 5.41) is 0. The van der Waals surface area contributed by atoms with Crippen molar-refractivity contribution in [2.24, 2.45) is 0 Å². The molecule has 112 valence electrons. The Labute approximate surface area is 126 Å². The second kappa shape index (κ2) is 5.18. The van der Waals surface area contributed by atoms with Gasteiger partial charge in [-0.25, -0.2) is 9.97 Å². The van der Waals surface area contributed by atoms with Crippen molar-refractivity contribution in [2.75, 3.05) is 31.1 Å². The van der Waals surface area contributed by atoms with E-state index in [9.17, 15) is 4.79 Å². The average Bonchev–Trinajstić information content (AvgIpc) is 3.17. The summed E-state index contributed by atoms with van der Waals surface area (Å²) in [5.74, 6) is 0.715. The minimum absolute atomic E-state index is 0.0000278. The molecule has 3 aromatic heterocycles. The van der Waals surface area contributed by atoms with E-state index in [0.717, 1.165) is 18.6 Å². The van der Waals surface area contributed by atoms with Gasteiger partial charge in [-0.2, -0.15) is 0 Å². The van der Waals surface area contributed by atoms with Crippen LogP contribution in [0.15, 0.2) is 41.3 Å². The predicted octanol–water partition coefficient (Wildman–Crippen LogP) is 1.51. The van der Waals surface area contributed by atoms with Gasteiger partial charge in [0.25, 0.3) is 5.91 Å². The number of nitrogens with one attached hydrogen (secondary N) is 1. The largest absolute Gasteiger partial charge is 0.463 e. The van der Waals surface area contributed by atoms with Crippen LogP contribution in [-0.4, -0.2) is 51.9 Å². The van der Waals surface area contributed by atoms with Crippen molar-refractivity contribution in [3.8, 4) is 0 Å². The van der Waals surface area contributed by atoms with Gasteiger partial charge in [-0.1, -0.05) is 0 Å². The van der Waals surface area contributed by atoms with Gasteiger partial charge in [-0.15, -0.1) is 0 Å². The van der Waals surface area contributed by atoms with Gasteiger partial charge >= 0.3 is 0 Å². The van der Waals surface area contributed by atoms with Gasteiger partial charge in [0.05, 0.1) is 11.8 Å².